The number of carbonyl (C=O) groups excluding carboxylic acids is 1. The van der Waals surface area contributed by atoms with E-state index in [4.69, 9.17) is 10.2 Å². The molecule has 1 atom stereocenters. The standard InChI is InChI=1S/C11H18N2O4/c14-5-8(10(15)16)12-11(17)13-9(6-1-2-6)7-3-4-7/h6-9,14H,1-5H2,(H,15,16)(H2,12,13,17)/t8-/m0/s1. The molecule has 0 heterocycles. The molecule has 0 aromatic carbocycles. The van der Waals surface area contributed by atoms with Gasteiger partial charge in [-0.05, 0) is 37.5 Å². The molecular formula is C11H18N2O4. The van der Waals surface area contributed by atoms with Gasteiger partial charge in [0.15, 0.2) is 6.04 Å². The van der Waals surface area contributed by atoms with E-state index >= 15 is 0 Å². The van der Waals surface area contributed by atoms with E-state index in [1.54, 1.807) is 0 Å². The summed E-state index contributed by atoms with van der Waals surface area (Å²) in [5.74, 6) is -0.103. The summed E-state index contributed by atoms with van der Waals surface area (Å²) in [5, 5.41) is 22.6. The number of amides is 2. The number of hydrogen-bond donors (Lipinski definition) is 4. The predicted octanol–water partition coefficient (Wildman–Crippen LogP) is -0.0803. The molecular weight excluding hydrogens is 224 g/mol. The van der Waals surface area contributed by atoms with E-state index in [2.05, 4.69) is 10.6 Å². The van der Waals surface area contributed by atoms with Crippen molar-refractivity contribution in [3.8, 4) is 0 Å². The molecule has 17 heavy (non-hydrogen) atoms. The highest BCUT2D eigenvalue weighted by Crippen LogP contribution is 2.44. The third kappa shape index (κ3) is 3.33. The Hall–Kier alpha value is -1.30. The third-order valence-corrected chi connectivity index (χ3v) is 3.34. The second kappa shape index (κ2) is 4.91. The third-order valence-electron chi connectivity index (χ3n) is 3.34. The Balaban J connectivity index is 1.80. The number of aliphatic hydroxyl groups excluding tert-OH is 1. The first-order valence-corrected chi connectivity index (χ1v) is 6.02. The van der Waals surface area contributed by atoms with Crippen molar-refractivity contribution >= 4 is 12.0 Å². The second-order valence-electron chi connectivity index (χ2n) is 4.89. The van der Waals surface area contributed by atoms with E-state index in [0.29, 0.717) is 11.8 Å². The Morgan fingerprint density at radius 3 is 2.00 bits per heavy atom. The van der Waals surface area contributed by atoms with E-state index in [-0.39, 0.29) is 6.04 Å². The minimum atomic E-state index is -1.23. The molecule has 0 saturated heterocycles. The molecule has 2 saturated carbocycles. The van der Waals surface area contributed by atoms with Crippen molar-refractivity contribution in [1.29, 1.82) is 0 Å². The van der Waals surface area contributed by atoms with Gasteiger partial charge in [-0.3, -0.25) is 0 Å². The molecule has 0 unspecified atom stereocenters. The fraction of sp³-hybridized carbons (Fsp3) is 0.818. The molecule has 4 N–H and O–H groups in total. The summed E-state index contributed by atoms with van der Waals surface area (Å²) in [5.41, 5.74) is 0. The normalized spacial score (nSPS) is 21.1. The van der Waals surface area contributed by atoms with E-state index in [9.17, 15) is 9.59 Å². The average molecular weight is 242 g/mol. The van der Waals surface area contributed by atoms with Crippen LogP contribution in [0.4, 0.5) is 4.79 Å². The molecule has 0 radical (unpaired) electrons. The van der Waals surface area contributed by atoms with Gasteiger partial charge < -0.3 is 20.8 Å². The van der Waals surface area contributed by atoms with Crippen LogP contribution >= 0.6 is 0 Å². The fourth-order valence-corrected chi connectivity index (χ4v) is 2.07. The van der Waals surface area contributed by atoms with Gasteiger partial charge in [0.1, 0.15) is 0 Å². The number of hydrogen-bond acceptors (Lipinski definition) is 3. The fourth-order valence-electron chi connectivity index (χ4n) is 2.07. The number of carboxylic acid groups (broad SMARTS) is 1. The van der Waals surface area contributed by atoms with Gasteiger partial charge in [-0.25, -0.2) is 9.59 Å². The smallest absolute Gasteiger partial charge is 0.328 e. The Labute approximate surface area is 99.4 Å². The highest BCUT2D eigenvalue weighted by Gasteiger charge is 2.42. The topological polar surface area (TPSA) is 98.7 Å². The average Bonchev–Trinajstić information content (AvgIpc) is 3.16. The summed E-state index contributed by atoms with van der Waals surface area (Å²) >= 11 is 0. The molecule has 0 aromatic rings. The van der Waals surface area contributed by atoms with Crippen molar-refractivity contribution < 1.29 is 19.8 Å². The van der Waals surface area contributed by atoms with Crippen LogP contribution in [0.2, 0.25) is 0 Å². The number of rotatable bonds is 6. The van der Waals surface area contributed by atoms with Gasteiger partial charge in [-0.15, -0.1) is 0 Å². The maximum atomic E-state index is 11.6. The Bertz CT molecular complexity index is 301. The van der Waals surface area contributed by atoms with Gasteiger partial charge in [0, 0.05) is 6.04 Å². The van der Waals surface area contributed by atoms with Crippen LogP contribution in [0.5, 0.6) is 0 Å². The van der Waals surface area contributed by atoms with Crippen molar-refractivity contribution in [2.75, 3.05) is 6.61 Å². The lowest BCUT2D eigenvalue weighted by Crippen LogP contribution is -2.51. The van der Waals surface area contributed by atoms with Gasteiger partial charge in [0.05, 0.1) is 6.61 Å². The molecule has 0 bridgehead atoms. The van der Waals surface area contributed by atoms with Crippen LogP contribution in [-0.4, -0.2) is 40.9 Å². The van der Waals surface area contributed by atoms with Gasteiger partial charge in [-0.1, -0.05) is 0 Å². The number of aliphatic hydroxyl groups is 1. The second-order valence-corrected chi connectivity index (χ2v) is 4.89. The largest absolute Gasteiger partial charge is 0.480 e. The van der Waals surface area contributed by atoms with Crippen LogP contribution in [0.1, 0.15) is 25.7 Å². The lowest BCUT2D eigenvalue weighted by atomic mass is 10.1. The molecule has 2 rings (SSSR count). The van der Waals surface area contributed by atoms with Crippen LogP contribution < -0.4 is 10.6 Å². The van der Waals surface area contributed by atoms with Gasteiger partial charge in [0.25, 0.3) is 0 Å². The molecule has 2 aliphatic carbocycles. The predicted molar refractivity (Wildman–Crippen MR) is 59.4 cm³/mol. The van der Waals surface area contributed by atoms with Gasteiger partial charge in [0.2, 0.25) is 0 Å². The van der Waals surface area contributed by atoms with Crippen molar-refractivity contribution in [1.82, 2.24) is 10.6 Å². The molecule has 96 valence electrons. The lowest BCUT2D eigenvalue weighted by molar-refractivity contribution is -0.140. The van der Waals surface area contributed by atoms with Gasteiger partial charge in [-0.2, -0.15) is 0 Å². The number of nitrogens with one attached hydrogen (secondary N) is 2. The Morgan fingerprint density at radius 2 is 1.65 bits per heavy atom. The Kier molecular flexibility index (Phi) is 3.51. The molecule has 0 aromatic heterocycles. The molecule has 6 heteroatoms. The summed E-state index contributed by atoms with van der Waals surface area (Å²) < 4.78 is 0. The SMILES string of the molecule is O=C(NC(C1CC1)C1CC1)N[C@@H](CO)C(=O)O. The number of carboxylic acids is 1. The number of aliphatic carboxylic acids is 1. The van der Waals surface area contributed by atoms with E-state index in [1.807, 2.05) is 0 Å². The number of urea groups is 1. The highest BCUT2D eigenvalue weighted by atomic mass is 16.4. The van der Waals surface area contributed by atoms with Gasteiger partial charge >= 0.3 is 12.0 Å². The Morgan fingerprint density at radius 1 is 1.12 bits per heavy atom. The summed E-state index contributed by atoms with van der Waals surface area (Å²) in [7, 11) is 0. The highest BCUT2D eigenvalue weighted by molar-refractivity contribution is 5.82. The van der Waals surface area contributed by atoms with Crippen molar-refractivity contribution in [3.63, 3.8) is 0 Å². The zero-order valence-electron chi connectivity index (χ0n) is 9.56. The summed E-state index contributed by atoms with van der Waals surface area (Å²) in [6.07, 6.45) is 4.57. The minimum absolute atomic E-state index is 0.183. The van der Waals surface area contributed by atoms with Crippen LogP contribution in [0, 0.1) is 11.8 Å². The minimum Gasteiger partial charge on any atom is -0.480 e. The first-order chi connectivity index (χ1) is 8.11. The molecule has 6 nitrogen and oxygen atoms in total. The van der Waals surface area contributed by atoms with E-state index in [1.165, 1.54) is 0 Å². The van der Waals surface area contributed by atoms with Crippen molar-refractivity contribution in [2.45, 2.75) is 37.8 Å². The number of carbonyl (C=O) groups is 2. The summed E-state index contributed by atoms with van der Waals surface area (Å²) in [4.78, 5) is 22.2. The molecule has 2 aliphatic rings. The van der Waals surface area contributed by atoms with Crippen LogP contribution in [-0.2, 0) is 4.79 Å². The van der Waals surface area contributed by atoms with Crippen LogP contribution in [0.25, 0.3) is 0 Å². The van der Waals surface area contributed by atoms with E-state index in [0.717, 1.165) is 25.7 Å². The van der Waals surface area contributed by atoms with Crippen molar-refractivity contribution in [2.24, 2.45) is 11.8 Å². The summed E-state index contributed by atoms with van der Waals surface area (Å²) in [6.45, 7) is -0.597. The van der Waals surface area contributed by atoms with Crippen LogP contribution in [0.15, 0.2) is 0 Å². The molecule has 0 aliphatic heterocycles. The summed E-state index contributed by atoms with van der Waals surface area (Å²) in [6, 6.07) is -1.53. The maximum Gasteiger partial charge on any atom is 0.328 e. The molecule has 2 amide bonds. The van der Waals surface area contributed by atoms with Crippen molar-refractivity contribution in [3.05, 3.63) is 0 Å². The monoisotopic (exact) mass is 242 g/mol. The zero-order valence-corrected chi connectivity index (χ0v) is 9.56. The maximum absolute atomic E-state index is 11.6. The lowest BCUT2D eigenvalue weighted by Gasteiger charge is -2.19. The molecule has 2 fully saturated rings. The quantitative estimate of drug-likeness (QED) is 0.523. The first kappa shape index (κ1) is 12.2. The van der Waals surface area contributed by atoms with Crippen LogP contribution in [0.3, 0.4) is 0 Å². The molecule has 0 spiro atoms. The zero-order chi connectivity index (χ0) is 12.4. The first-order valence-electron chi connectivity index (χ1n) is 6.02. The van der Waals surface area contributed by atoms with E-state index < -0.39 is 24.6 Å².